The molecule has 0 aromatic rings. The molecule has 0 saturated carbocycles. The molecule has 0 aromatic heterocycles. The van der Waals surface area contributed by atoms with Crippen LogP contribution in [-0.4, -0.2) is 11.6 Å². The van der Waals surface area contributed by atoms with E-state index in [-0.39, 0.29) is 11.6 Å². The minimum absolute atomic E-state index is 0.142. The van der Waals surface area contributed by atoms with Crippen LogP contribution in [0.5, 0.6) is 0 Å². The number of hydrogen-bond donors (Lipinski definition) is 0. The third-order valence-electron chi connectivity index (χ3n) is 4.39. The Morgan fingerprint density at radius 2 is 1.25 bits per heavy atom. The zero-order valence-electron chi connectivity index (χ0n) is 15.1. The lowest BCUT2D eigenvalue weighted by molar-refractivity contribution is -0.113. The zero-order chi connectivity index (χ0) is 17.7. The smallest absolute Gasteiger partial charge is 0.185 e. The van der Waals surface area contributed by atoms with Gasteiger partial charge in [-0.2, -0.15) is 0 Å². The van der Waals surface area contributed by atoms with Crippen molar-refractivity contribution >= 4 is 11.6 Å². The summed E-state index contributed by atoms with van der Waals surface area (Å²) >= 11 is 0. The summed E-state index contributed by atoms with van der Waals surface area (Å²) in [5, 5.41) is 0. The topological polar surface area (TPSA) is 34.1 Å². The van der Waals surface area contributed by atoms with E-state index in [1.165, 1.54) is 0 Å². The van der Waals surface area contributed by atoms with Crippen molar-refractivity contribution in [2.75, 3.05) is 0 Å². The van der Waals surface area contributed by atoms with E-state index < -0.39 is 0 Å². The molecule has 0 unspecified atom stereocenters. The van der Waals surface area contributed by atoms with E-state index in [2.05, 4.69) is 6.92 Å². The van der Waals surface area contributed by atoms with Crippen molar-refractivity contribution in [2.45, 2.75) is 53.4 Å². The molecule has 0 bridgehead atoms. The molecule has 2 heteroatoms. The summed E-state index contributed by atoms with van der Waals surface area (Å²) in [7, 11) is 0. The Labute approximate surface area is 145 Å². The van der Waals surface area contributed by atoms with Gasteiger partial charge in [0.1, 0.15) is 0 Å². The largest absolute Gasteiger partial charge is 0.289 e. The molecular weight excluding hydrogens is 296 g/mol. The van der Waals surface area contributed by atoms with Gasteiger partial charge in [-0.05, 0) is 67.2 Å². The van der Waals surface area contributed by atoms with Crippen LogP contribution in [0.2, 0.25) is 0 Å². The number of carbonyl (C=O) groups is 2. The summed E-state index contributed by atoms with van der Waals surface area (Å²) in [6.45, 7) is 7.97. The number of ketones is 2. The van der Waals surface area contributed by atoms with Gasteiger partial charge in [0.2, 0.25) is 0 Å². The van der Waals surface area contributed by atoms with Gasteiger partial charge in [-0.1, -0.05) is 39.3 Å². The highest BCUT2D eigenvalue weighted by molar-refractivity contribution is 6.10. The fourth-order valence-electron chi connectivity index (χ4n) is 3.02. The molecule has 0 fully saturated rings. The molecule has 24 heavy (non-hydrogen) atoms. The number of Topliss-reactive ketones (excluding diaryl/α,β-unsaturated/α-hetero) is 2. The van der Waals surface area contributed by atoms with Crippen LogP contribution in [0.4, 0.5) is 0 Å². The Morgan fingerprint density at radius 3 is 1.79 bits per heavy atom. The Hall–Kier alpha value is -2.22. The van der Waals surface area contributed by atoms with Crippen LogP contribution in [-0.2, 0) is 9.59 Å². The van der Waals surface area contributed by atoms with E-state index in [4.69, 9.17) is 0 Å². The molecule has 0 N–H and O–H groups in total. The lowest BCUT2D eigenvalue weighted by Gasteiger charge is -2.14. The van der Waals surface area contributed by atoms with Gasteiger partial charge >= 0.3 is 0 Å². The summed E-state index contributed by atoms with van der Waals surface area (Å²) in [6, 6.07) is 0. The molecule has 0 saturated heterocycles. The Balaban J connectivity index is 2.36. The van der Waals surface area contributed by atoms with Crippen LogP contribution in [0.1, 0.15) is 53.4 Å². The molecule has 0 radical (unpaired) electrons. The number of carbonyl (C=O) groups excluding carboxylic acids is 2. The second-order valence-electron chi connectivity index (χ2n) is 6.28. The van der Waals surface area contributed by atoms with Crippen LogP contribution in [0.15, 0.2) is 69.9 Å². The highest BCUT2D eigenvalue weighted by Gasteiger charge is 2.18. The minimum atomic E-state index is 0.142. The average molecular weight is 322 g/mol. The van der Waals surface area contributed by atoms with Crippen molar-refractivity contribution in [1.29, 1.82) is 0 Å². The van der Waals surface area contributed by atoms with Gasteiger partial charge in [0.05, 0.1) is 0 Å². The number of rotatable bonds is 5. The predicted molar refractivity (Wildman–Crippen MR) is 99.7 cm³/mol. The van der Waals surface area contributed by atoms with E-state index in [0.717, 1.165) is 59.1 Å². The van der Waals surface area contributed by atoms with Crippen molar-refractivity contribution in [1.82, 2.24) is 0 Å². The highest BCUT2D eigenvalue weighted by Crippen LogP contribution is 2.25. The van der Waals surface area contributed by atoms with Gasteiger partial charge < -0.3 is 0 Å². The van der Waals surface area contributed by atoms with Gasteiger partial charge in [0.15, 0.2) is 11.6 Å². The molecule has 2 aliphatic rings. The average Bonchev–Trinajstić information content (AvgIpc) is 2.58. The summed E-state index contributed by atoms with van der Waals surface area (Å²) in [4.78, 5) is 24.3. The van der Waals surface area contributed by atoms with Gasteiger partial charge in [-0.15, -0.1) is 0 Å². The van der Waals surface area contributed by atoms with Gasteiger partial charge in [-0.25, -0.2) is 0 Å². The SMILES string of the molecule is CCCC1=CC(=CC=C2C=C(C)C(=O)C(CC)=C2)C=C(CC)C1=O. The Bertz CT molecular complexity index is 734. The standard InChI is InChI=1S/C22H26O2/c1-5-8-20-14-17(13-19(7-3)22(20)24)10-9-16-11-15(4)21(23)18(6-2)12-16/h9-14H,5-8H2,1-4H3. The molecule has 0 aliphatic heterocycles. The summed E-state index contributed by atoms with van der Waals surface area (Å²) in [5.41, 5.74) is 5.50. The van der Waals surface area contributed by atoms with Crippen LogP contribution >= 0.6 is 0 Å². The normalized spacial score (nSPS) is 21.7. The van der Waals surface area contributed by atoms with E-state index in [1.807, 2.05) is 57.2 Å². The van der Waals surface area contributed by atoms with E-state index in [9.17, 15) is 9.59 Å². The minimum Gasteiger partial charge on any atom is -0.289 e. The first-order chi connectivity index (χ1) is 11.5. The van der Waals surface area contributed by atoms with Crippen LogP contribution in [0.25, 0.3) is 0 Å². The molecule has 0 heterocycles. The lowest BCUT2D eigenvalue weighted by atomic mass is 9.89. The molecule has 0 atom stereocenters. The van der Waals surface area contributed by atoms with E-state index in [1.54, 1.807) is 0 Å². The second kappa shape index (κ2) is 8.05. The van der Waals surface area contributed by atoms with Crippen LogP contribution < -0.4 is 0 Å². The summed E-state index contributed by atoms with van der Waals surface area (Å²) in [5.74, 6) is 0.334. The maximum absolute atomic E-state index is 12.3. The third-order valence-corrected chi connectivity index (χ3v) is 4.39. The molecular formula is C22H26O2. The number of allylic oxidation sites excluding steroid dienone is 12. The lowest BCUT2D eigenvalue weighted by Crippen LogP contribution is -2.10. The molecule has 2 aliphatic carbocycles. The monoisotopic (exact) mass is 322 g/mol. The Morgan fingerprint density at radius 1 is 0.750 bits per heavy atom. The van der Waals surface area contributed by atoms with Crippen molar-refractivity contribution < 1.29 is 9.59 Å². The van der Waals surface area contributed by atoms with Crippen LogP contribution in [0.3, 0.4) is 0 Å². The first kappa shape index (κ1) is 18.1. The zero-order valence-corrected chi connectivity index (χ0v) is 15.1. The van der Waals surface area contributed by atoms with E-state index in [0.29, 0.717) is 0 Å². The molecule has 0 amide bonds. The first-order valence-electron chi connectivity index (χ1n) is 8.81. The summed E-state index contributed by atoms with van der Waals surface area (Å²) in [6.07, 6.45) is 15.2. The number of hydrogen-bond acceptors (Lipinski definition) is 2. The Kier molecular flexibility index (Phi) is 6.08. The molecule has 2 nitrogen and oxygen atoms in total. The molecule has 0 spiro atoms. The van der Waals surface area contributed by atoms with Crippen LogP contribution in [0, 0.1) is 0 Å². The van der Waals surface area contributed by atoms with E-state index >= 15 is 0 Å². The first-order valence-corrected chi connectivity index (χ1v) is 8.81. The maximum atomic E-state index is 12.3. The van der Waals surface area contributed by atoms with Gasteiger partial charge in [0, 0.05) is 16.7 Å². The fourth-order valence-corrected chi connectivity index (χ4v) is 3.02. The molecule has 0 aromatic carbocycles. The predicted octanol–water partition coefficient (Wildman–Crippen LogP) is 5.35. The fraction of sp³-hybridized carbons (Fsp3) is 0.364. The quantitative estimate of drug-likeness (QED) is 0.683. The van der Waals surface area contributed by atoms with Gasteiger partial charge in [0.25, 0.3) is 0 Å². The maximum Gasteiger partial charge on any atom is 0.185 e. The van der Waals surface area contributed by atoms with Crippen molar-refractivity contribution in [3.05, 3.63) is 69.9 Å². The third kappa shape index (κ3) is 4.00. The highest BCUT2D eigenvalue weighted by atomic mass is 16.1. The second-order valence-corrected chi connectivity index (χ2v) is 6.28. The van der Waals surface area contributed by atoms with Crippen molar-refractivity contribution in [3.8, 4) is 0 Å². The molecule has 126 valence electrons. The van der Waals surface area contributed by atoms with Crippen molar-refractivity contribution in [3.63, 3.8) is 0 Å². The molecule has 2 rings (SSSR count). The van der Waals surface area contributed by atoms with Gasteiger partial charge in [-0.3, -0.25) is 9.59 Å². The summed E-state index contributed by atoms with van der Waals surface area (Å²) < 4.78 is 0. The van der Waals surface area contributed by atoms with Crippen molar-refractivity contribution in [2.24, 2.45) is 0 Å².